The van der Waals surface area contributed by atoms with E-state index >= 15 is 0 Å². The molecule has 2 nitrogen and oxygen atoms in total. The Labute approximate surface area is 139 Å². The molecule has 0 atom stereocenters. The van der Waals surface area contributed by atoms with E-state index in [-0.39, 0.29) is 5.78 Å². The van der Waals surface area contributed by atoms with Crippen LogP contribution in [-0.2, 0) is 0 Å². The second-order valence-corrected chi connectivity index (χ2v) is 6.63. The lowest BCUT2D eigenvalue weighted by Gasteiger charge is -2.06. The lowest BCUT2D eigenvalue weighted by Crippen LogP contribution is -2.03. The third-order valence-corrected chi connectivity index (χ3v) is 5.19. The Morgan fingerprint density at radius 1 is 1.05 bits per heavy atom. The predicted molar refractivity (Wildman–Crippen MR) is 91.0 cm³/mol. The smallest absolute Gasteiger partial charge is 0.197 e. The van der Waals surface area contributed by atoms with Crippen LogP contribution in [0, 0.1) is 13.8 Å². The van der Waals surface area contributed by atoms with Gasteiger partial charge in [-0.15, -0.1) is 0 Å². The Kier molecular flexibility index (Phi) is 3.76. The van der Waals surface area contributed by atoms with Crippen molar-refractivity contribution in [3.8, 4) is 0 Å². The molecule has 1 heterocycles. The van der Waals surface area contributed by atoms with Crippen molar-refractivity contribution in [3.05, 3.63) is 67.8 Å². The highest BCUT2D eigenvalue weighted by Crippen LogP contribution is 2.31. The molecule has 0 saturated heterocycles. The first-order chi connectivity index (χ1) is 9.99. The van der Waals surface area contributed by atoms with Crippen LogP contribution in [-0.4, -0.2) is 5.78 Å². The lowest BCUT2D eigenvalue weighted by atomic mass is 10.00. The summed E-state index contributed by atoms with van der Waals surface area (Å²) in [4.78, 5) is 12.9. The highest BCUT2D eigenvalue weighted by molar-refractivity contribution is 9.11. The minimum Gasteiger partial charge on any atom is -0.461 e. The van der Waals surface area contributed by atoms with Crippen molar-refractivity contribution in [1.82, 2.24) is 0 Å². The Bertz CT molecular complexity index is 839. The van der Waals surface area contributed by atoms with Crippen LogP contribution in [0.3, 0.4) is 0 Å². The summed E-state index contributed by atoms with van der Waals surface area (Å²) in [5.41, 5.74) is 3.08. The van der Waals surface area contributed by atoms with Crippen LogP contribution < -0.4 is 0 Å². The third kappa shape index (κ3) is 2.47. The normalized spacial score (nSPS) is 11.0. The molecular formula is C17H12Br2O2. The fourth-order valence-electron chi connectivity index (χ4n) is 2.37. The van der Waals surface area contributed by atoms with Crippen molar-refractivity contribution in [3.63, 3.8) is 0 Å². The highest BCUT2D eigenvalue weighted by atomic mass is 79.9. The van der Waals surface area contributed by atoms with E-state index < -0.39 is 0 Å². The summed E-state index contributed by atoms with van der Waals surface area (Å²) < 4.78 is 7.50. The average molecular weight is 408 g/mol. The molecule has 106 valence electrons. The van der Waals surface area contributed by atoms with E-state index in [2.05, 4.69) is 31.9 Å². The van der Waals surface area contributed by atoms with Crippen LogP contribution in [0.25, 0.3) is 11.0 Å². The molecule has 0 bridgehead atoms. The zero-order valence-corrected chi connectivity index (χ0v) is 14.7. The molecule has 0 spiro atoms. The third-order valence-electron chi connectivity index (χ3n) is 3.54. The van der Waals surface area contributed by atoms with Crippen molar-refractivity contribution < 1.29 is 9.21 Å². The zero-order valence-electron chi connectivity index (χ0n) is 11.5. The minimum absolute atomic E-state index is 0.0288. The fraction of sp³-hybridized carbons (Fsp3) is 0.118. The largest absolute Gasteiger partial charge is 0.461 e. The monoisotopic (exact) mass is 406 g/mol. The number of halogens is 2. The van der Waals surface area contributed by atoms with Crippen molar-refractivity contribution >= 4 is 48.6 Å². The van der Waals surface area contributed by atoms with Crippen molar-refractivity contribution in [1.29, 1.82) is 0 Å². The zero-order chi connectivity index (χ0) is 15.1. The van der Waals surface area contributed by atoms with Crippen LogP contribution in [0.4, 0.5) is 0 Å². The average Bonchev–Trinajstić information content (AvgIpc) is 2.79. The van der Waals surface area contributed by atoms with E-state index in [1.54, 1.807) is 0 Å². The van der Waals surface area contributed by atoms with Crippen molar-refractivity contribution in [2.45, 2.75) is 13.8 Å². The van der Waals surface area contributed by atoms with E-state index in [0.717, 1.165) is 25.5 Å². The van der Waals surface area contributed by atoms with E-state index in [4.69, 9.17) is 4.42 Å². The summed E-state index contributed by atoms with van der Waals surface area (Å²) in [6.07, 6.45) is 0. The molecular weight excluding hydrogens is 396 g/mol. The molecule has 0 N–H and O–H groups in total. The minimum atomic E-state index is -0.0288. The van der Waals surface area contributed by atoms with Crippen LogP contribution in [0.15, 0.2) is 49.8 Å². The molecule has 1 aromatic heterocycles. The standard InChI is InChI=1S/C17H12Br2O2/c1-9-13(18)7-11(8-14(9)19)17(20)16-10(2)21-15-6-4-3-5-12(15)16/h3-8H,1-2H3. The quantitative estimate of drug-likeness (QED) is 0.502. The van der Waals surface area contributed by atoms with Crippen molar-refractivity contribution in [2.75, 3.05) is 0 Å². The van der Waals surface area contributed by atoms with Gasteiger partial charge in [0.15, 0.2) is 5.78 Å². The number of rotatable bonds is 2. The second-order valence-electron chi connectivity index (χ2n) is 4.92. The summed E-state index contributed by atoms with van der Waals surface area (Å²) in [7, 11) is 0. The van der Waals surface area contributed by atoms with Crippen LogP contribution in [0.1, 0.15) is 27.2 Å². The molecule has 0 amide bonds. The number of fused-ring (bicyclic) bond motifs is 1. The van der Waals surface area contributed by atoms with Gasteiger partial charge in [0.2, 0.25) is 0 Å². The molecule has 21 heavy (non-hydrogen) atoms. The molecule has 3 rings (SSSR count). The number of hydrogen-bond donors (Lipinski definition) is 0. The van der Waals surface area contributed by atoms with Crippen LogP contribution in [0.5, 0.6) is 0 Å². The molecule has 0 radical (unpaired) electrons. The Morgan fingerprint density at radius 3 is 2.33 bits per heavy atom. The topological polar surface area (TPSA) is 30.2 Å². The van der Waals surface area contributed by atoms with Gasteiger partial charge in [0, 0.05) is 19.9 Å². The maximum atomic E-state index is 12.9. The van der Waals surface area contributed by atoms with Gasteiger partial charge in [-0.25, -0.2) is 0 Å². The first kappa shape index (κ1) is 14.5. The highest BCUT2D eigenvalue weighted by Gasteiger charge is 2.20. The van der Waals surface area contributed by atoms with E-state index in [9.17, 15) is 4.79 Å². The van der Waals surface area contributed by atoms with E-state index in [1.165, 1.54) is 0 Å². The van der Waals surface area contributed by atoms with Gasteiger partial charge < -0.3 is 4.42 Å². The first-order valence-electron chi connectivity index (χ1n) is 6.47. The first-order valence-corrected chi connectivity index (χ1v) is 8.06. The van der Waals surface area contributed by atoms with Crippen LogP contribution in [0.2, 0.25) is 0 Å². The fourth-order valence-corrected chi connectivity index (χ4v) is 3.56. The van der Waals surface area contributed by atoms with Gasteiger partial charge in [0.05, 0.1) is 5.56 Å². The number of carbonyl (C=O) groups is 1. The number of aryl methyl sites for hydroxylation is 1. The van der Waals surface area contributed by atoms with Gasteiger partial charge in [-0.2, -0.15) is 0 Å². The number of furan rings is 1. The van der Waals surface area contributed by atoms with Gasteiger partial charge in [0.25, 0.3) is 0 Å². The maximum Gasteiger partial charge on any atom is 0.197 e. The molecule has 0 aliphatic carbocycles. The number of para-hydroxylation sites is 1. The van der Waals surface area contributed by atoms with Gasteiger partial charge in [-0.05, 0) is 37.6 Å². The summed E-state index contributed by atoms with van der Waals surface area (Å²) in [5.74, 6) is 0.618. The van der Waals surface area contributed by atoms with Gasteiger partial charge >= 0.3 is 0 Å². The van der Waals surface area contributed by atoms with Gasteiger partial charge in [-0.1, -0.05) is 50.1 Å². The molecule has 3 aromatic rings. The number of carbonyl (C=O) groups excluding carboxylic acids is 1. The Hall–Kier alpha value is -1.39. The summed E-state index contributed by atoms with van der Waals surface area (Å²) in [5, 5.41) is 0.854. The molecule has 0 unspecified atom stereocenters. The number of hydrogen-bond acceptors (Lipinski definition) is 2. The van der Waals surface area contributed by atoms with E-state index in [1.807, 2.05) is 50.2 Å². The van der Waals surface area contributed by atoms with Gasteiger partial charge in [0.1, 0.15) is 11.3 Å². The van der Waals surface area contributed by atoms with E-state index in [0.29, 0.717) is 16.9 Å². The molecule has 0 aliphatic rings. The molecule has 4 heteroatoms. The number of benzene rings is 2. The summed E-state index contributed by atoms with van der Waals surface area (Å²) in [6, 6.07) is 11.3. The summed E-state index contributed by atoms with van der Waals surface area (Å²) in [6.45, 7) is 3.81. The molecule has 0 fully saturated rings. The van der Waals surface area contributed by atoms with Crippen molar-refractivity contribution in [2.24, 2.45) is 0 Å². The maximum absolute atomic E-state index is 12.9. The second kappa shape index (κ2) is 5.43. The molecule has 2 aromatic carbocycles. The Morgan fingerprint density at radius 2 is 1.67 bits per heavy atom. The Balaban J connectivity index is 2.19. The lowest BCUT2D eigenvalue weighted by molar-refractivity contribution is 0.103. The number of ketones is 1. The van der Waals surface area contributed by atoms with Gasteiger partial charge in [-0.3, -0.25) is 4.79 Å². The summed E-state index contributed by atoms with van der Waals surface area (Å²) >= 11 is 6.98. The predicted octanol–water partition coefficient (Wildman–Crippen LogP) is 5.81. The SMILES string of the molecule is Cc1oc2ccccc2c1C(=O)c1cc(Br)c(C)c(Br)c1. The molecule has 0 aliphatic heterocycles. The van der Waals surface area contributed by atoms with Crippen LogP contribution >= 0.6 is 31.9 Å². The molecule has 0 saturated carbocycles.